The van der Waals surface area contributed by atoms with Crippen LogP contribution < -0.4 is 0 Å². The number of hydrogen-bond acceptors (Lipinski definition) is 3. The Bertz CT molecular complexity index is 433. The molecule has 0 aromatic heterocycles. The fraction of sp³-hybridized carbons (Fsp3) is 0.571. The van der Waals surface area contributed by atoms with Crippen LogP contribution in [0.1, 0.15) is 24.0 Å². The van der Waals surface area contributed by atoms with Gasteiger partial charge in [0.2, 0.25) is 0 Å². The molecule has 3 nitrogen and oxygen atoms in total. The summed E-state index contributed by atoms with van der Waals surface area (Å²) in [5.74, 6) is 0. The van der Waals surface area contributed by atoms with Gasteiger partial charge in [-0.05, 0) is 30.5 Å². The molecule has 0 aliphatic carbocycles. The van der Waals surface area contributed by atoms with Crippen molar-refractivity contribution in [2.75, 3.05) is 13.2 Å². The van der Waals surface area contributed by atoms with Gasteiger partial charge >= 0.3 is 6.18 Å². The number of piperidine rings is 1. The lowest BCUT2D eigenvalue weighted by Gasteiger charge is -2.36. The van der Waals surface area contributed by atoms with E-state index in [1.807, 2.05) is 4.90 Å². The Kier molecular flexibility index (Phi) is 4.67. The zero-order chi connectivity index (χ0) is 14.8. The summed E-state index contributed by atoms with van der Waals surface area (Å²) < 4.78 is 37.4. The van der Waals surface area contributed by atoms with Crippen LogP contribution in [0.4, 0.5) is 13.2 Å². The van der Waals surface area contributed by atoms with E-state index in [4.69, 9.17) is 0 Å². The van der Waals surface area contributed by atoms with Crippen molar-refractivity contribution in [2.45, 2.75) is 37.7 Å². The monoisotopic (exact) mass is 289 g/mol. The molecule has 2 rings (SSSR count). The molecule has 1 aliphatic rings. The maximum absolute atomic E-state index is 12.5. The third kappa shape index (κ3) is 3.71. The van der Waals surface area contributed by atoms with E-state index >= 15 is 0 Å². The highest BCUT2D eigenvalue weighted by Gasteiger charge is 2.30. The highest BCUT2D eigenvalue weighted by molar-refractivity contribution is 5.24. The highest BCUT2D eigenvalue weighted by Crippen LogP contribution is 2.29. The summed E-state index contributed by atoms with van der Waals surface area (Å²) in [5.41, 5.74) is 0.113. The van der Waals surface area contributed by atoms with Gasteiger partial charge in [0.15, 0.2) is 0 Å². The van der Waals surface area contributed by atoms with Gasteiger partial charge in [0, 0.05) is 19.1 Å². The van der Waals surface area contributed by atoms with Crippen LogP contribution in [0.2, 0.25) is 0 Å². The van der Waals surface area contributed by atoms with E-state index < -0.39 is 17.8 Å². The molecule has 0 unspecified atom stereocenters. The predicted molar refractivity (Wildman–Crippen MR) is 68.0 cm³/mol. The van der Waals surface area contributed by atoms with Crippen LogP contribution in [0, 0.1) is 0 Å². The molecule has 1 saturated heterocycles. The molecule has 20 heavy (non-hydrogen) atoms. The van der Waals surface area contributed by atoms with Gasteiger partial charge in [-0.25, -0.2) is 0 Å². The standard InChI is InChI=1S/C14H18F3NO2/c15-14(16,17)11-3-1-10(2-4-11)8-18-6-5-13(20)7-12(18)9-19/h1-4,12-13,19-20H,5-9H2/t12-,13+/m0/s1. The first-order valence-electron chi connectivity index (χ1n) is 6.59. The maximum Gasteiger partial charge on any atom is 0.416 e. The van der Waals surface area contributed by atoms with Crippen LogP contribution in [0.25, 0.3) is 0 Å². The Morgan fingerprint density at radius 1 is 1.20 bits per heavy atom. The summed E-state index contributed by atoms with van der Waals surface area (Å²) in [4.78, 5) is 2.00. The summed E-state index contributed by atoms with van der Waals surface area (Å²) in [7, 11) is 0. The number of rotatable bonds is 3. The number of halogens is 3. The van der Waals surface area contributed by atoms with Gasteiger partial charge in [-0.3, -0.25) is 4.90 Å². The molecule has 1 fully saturated rings. The lowest BCUT2D eigenvalue weighted by atomic mass is 9.99. The Morgan fingerprint density at radius 2 is 1.85 bits per heavy atom. The molecular formula is C14H18F3NO2. The molecule has 0 radical (unpaired) electrons. The summed E-state index contributed by atoms with van der Waals surface area (Å²) >= 11 is 0. The number of aliphatic hydroxyl groups excluding tert-OH is 2. The molecule has 112 valence electrons. The van der Waals surface area contributed by atoms with E-state index in [0.29, 0.717) is 25.9 Å². The molecule has 2 N–H and O–H groups in total. The van der Waals surface area contributed by atoms with Crippen molar-refractivity contribution in [2.24, 2.45) is 0 Å². The third-order valence-electron chi connectivity index (χ3n) is 3.69. The molecule has 1 aliphatic heterocycles. The largest absolute Gasteiger partial charge is 0.416 e. The average Bonchev–Trinajstić information content (AvgIpc) is 2.40. The molecular weight excluding hydrogens is 271 g/mol. The summed E-state index contributed by atoms with van der Waals surface area (Å²) in [6.07, 6.45) is -3.61. The van der Waals surface area contributed by atoms with Crippen molar-refractivity contribution >= 4 is 0 Å². The second kappa shape index (κ2) is 6.11. The number of alkyl halides is 3. The smallest absolute Gasteiger partial charge is 0.395 e. The van der Waals surface area contributed by atoms with E-state index in [2.05, 4.69) is 0 Å². The Balaban J connectivity index is 2.02. The van der Waals surface area contributed by atoms with Gasteiger partial charge in [-0.1, -0.05) is 12.1 Å². The summed E-state index contributed by atoms with van der Waals surface area (Å²) in [6, 6.07) is 4.93. The van der Waals surface area contributed by atoms with Crippen molar-refractivity contribution in [3.63, 3.8) is 0 Å². The van der Waals surface area contributed by atoms with Crippen molar-refractivity contribution < 1.29 is 23.4 Å². The molecule has 6 heteroatoms. The number of nitrogens with zero attached hydrogens (tertiary/aromatic N) is 1. The van der Waals surface area contributed by atoms with E-state index in [-0.39, 0.29) is 12.6 Å². The van der Waals surface area contributed by atoms with E-state index in [9.17, 15) is 23.4 Å². The van der Waals surface area contributed by atoms with Crippen LogP contribution in [-0.2, 0) is 12.7 Å². The lowest BCUT2D eigenvalue weighted by Crippen LogP contribution is -2.45. The lowest BCUT2D eigenvalue weighted by molar-refractivity contribution is -0.137. The zero-order valence-electron chi connectivity index (χ0n) is 11.0. The number of benzene rings is 1. The van der Waals surface area contributed by atoms with E-state index in [1.54, 1.807) is 0 Å². The Hall–Kier alpha value is -1.11. The Morgan fingerprint density at radius 3 is 2.40 bits per heavy atom. The minimum atomic E-state index is -4.32. The fourth-order valence-electron chi connectivity index (χ4n) is 2.51. The SMILES string of the molecule is OC[C@@H]1C[C@H](O)CCN1Cc1ccc(C(F)(F)F)cc1. The zero-order valence-corrected chi connectivity index (χ0v) is 11.0. The van der Waals surface area contributed by atoms with E-state index in [0.717, 1.165) is 17.7 Å². The van der Waals surface area contributed by atoms with Crippen LogP contribution in [0.5, 0.6) is 0 Å². The van der Waals surface area contributed by atoms with Crippen LogP contribution in [0.3, 0.4) is 0 Å². The molecule has 1 aromatic carbocycles. The van der Waals surface area contributed by atoms with Crippen molar-refractivity contribution in [3.05, 3.63) is 35.4 Å². The van der Waals surface area contributed by atoms with Gasteiger partial charge in [0.25, 0.3) is 0 Å². The normalized spacial score (nSPS) is 24.9. The highest BCUT2D eigenvalue weighted by atomic mass is 19.4. The van der Waals surface area contributed by atoms with E-state index in [1.165, 1.54) is 12.1 Å². The predicted octanol–water partition coefficient (Wildman–Crippen LogP) is 2.02. The fourth-order valence-corrected chi connectivity index (χ4v) is 2.51. The third-order valence-corrected chi connectivity index (χ3v) is 3.69. The first kappa shape index (κ1) is 15.3. The number of likely N-dealkylation sites (tertiary alicyclic amines) is 1. The second-order valence-corrected chi connectivity index (χ2v) is 5.18. The minimum absolute atomic E-state index is 0.0578. The van der Waals surface area contributed by atoms with Gasteiger partial charge in [-0.15, -0.1) is 0 Å². The van der Waals surface area contributed by atoms with Crippen molar-refractivity contribution in [1.29, 1.82) is 0 Å². The number of aliphatic hydroxyl groups is 2. The topological polar surface area (TPSA) is 43.7 Å². The quantitative estimate of drug-likeness (QED) is 0.895. The average molecular weight is 289 g/mol. The molecule has 1 aromatic rings. The van der Waals surface area contributed by atoms with Crippen LogP contribution in [-0.4, -0.2) is 40.4 Å². The minimum Gasteiger partial charge on any atom is -0.395 e. The number of hydrogen-bond donors (Lipinski definition) is 2. The first-order chi connectivity index (χ1) is 9.40. The summed E-state index contributed by atoms with van der Waals surface area (Å²) in [6.45, 7) is 1.06. The molecule has 0 bridgehead atoms. The molecule has 2 atom stereocenters. The first-order valence-corrected chi connectivity index (χ1v) is 6.59. The summed E-state index contributed by atoms with van der Waals surface area (Å²) in [5, 5.41) is 18.9. The van der Waals surface area contributed by atoms with Crippen molar-refractivity contribution in [3.8, 4) is 0 Å². The molecule has 0 saturated carbocycles. The van der Waals surface area contributed by atoms with Crippen LogP contribution in [0.15, 0.2) is 24.3 Å². The molecule has 1 heterocycles. The second-order valence-electron chi connectivity index (χ2n) is 5.18. The van der Waals surface area contributed by atoms with Gasteiger partial charge < -0.3 is 10.2 Å². The van der Waals surface area contributed by atoms with Gasteiger partial charge in [-0.2, -0.15) is 13.2 Å². The molecule has 0 spiro atoms. The van der Waals surface area contributed by atoms with Gasteiger partial charge in [0.1, 0.15) is 0 Å². The van der Waals surface area contributed by atoms with Crippen LogP contribution >= 0.6 is 0 Å². The maximum atomic E-state index is 12.5. The molecule has 0 amide bonds. The Labute approximate surface area is 115 Å². The van der Waals surface area contributed by atoms with Gasteiger partial charge in [0.05, 0.1) is 18.3 Å². The van der Waals surface area contributed by atoms with Crippen molar-refractivity contribution in [1.82, 2.24) is 4.90 Å².